The zero-order valence-corrected chi connectivity index (χ0v) is 36.1. The lowest BCUT2D eigenvalue weighted by molar-refractivity contribution is -0.342. The van der Waals surface area contributed by atoms with E-state index in [0.29, 0.717) is 30.4 Å². The van der Waals surface area contributed by atoms with E-state index in [0.717, 1.165) is 5.57 Å². The average Bonchev–Trinajstić information content (AvgIpc) is 3.48. The van der Waals surface area contributed by atoms with Gasteiger partial charge in [-0.15, -0.1) is 0 Å². The standard InChI is InChI=1S/C44H66O15/c1-11-21(3)38(49)57-35-36-41(8)16-14-27(56-30-20-29(46)33(25(7)54-30)58-40-32(48)34(53-10)31(47)24(6)55-40)19-26(41)13-17-43(36,51)44(52)18-15-28(23(5)45)42(44,9)37(35)59-39(50)22(4)12-2/h11-13,24-25,27-37,40,46-48,51-52H,14-20H2,1-10H3/b21-11+,22-12+/t24-,25-,27+,28-,29-,30+,31-,32-,33-,34-,35+,36-,37-,40+,41+,42+,43+,44-/m1/s1. The fourth-order valence-electron chi connectivity index (χ4n) is 11.5. The molecule has 2 saturated heterocycles. The maximum atomic E-state index is 13.8. The molecule has 0 unspecified atom stereocenters. The number of aliphatic hydroxyl groups is 5. The number of hydrogen-bond donors (Lipinski definition) is 5. The summed E-state index contributed by atoms with van der Waals surface area (Å²) in [5.74, 6) is -3.32. The lowest BCUT2D eigenvalue weighted by Gasteiger charge is -2.68. The summed E-state index contributed by atoms with van der Waals surface area (Å²) in [5, 5.41) is 58.7. The third-order valence-corrected chi connectivity index (χ3v) is 15.2. The SMILES string of the molecule is C/C=C(\C)C(=O)O[C@@H]1[C@@H](OC(=O)/C(C)=C/C)[C@]2(C)[C@@H](C(C)=O)CC[C@]2(O)[C@]2(O)CC=C3C[C@@H](O[C@H]4C[C@@H](O)[C@H](O[C@@H]5O[C@H](C)[C@@H](O)[C@@H](OC)[C@H]5O)[C@@H](C)O4)CC[C@]3(C)[C@@H]12. The van der Waals surface area contributed by atoms with Gasteiger partial charge in [0.05, 0.1) is 24.4 Å². The number of fused-ring (bicyclic) bond motifs is 5. The molecule has 15 nitrogen and oxygen atoms in total. The summed E-state index contributed by atoms with van der Waals surface area (Å²) in [4.78, 5) is 40.8. The Morgan fingerprint density at radius 2 is 1.47 bits per heavy atom. The van der Waals surface area contributed by atoms with Crippen LogP contribution in [0.2, 0.25) is 0 Å². The molecule has 2 aliphatic heterocycles. The molecule has 5 N–H and O–H groups in total. The molecule has 0 aromatic carbocycles. The Hall–Kier alpha value is -2.57. The van der Waals surface area contributed by atoms with E-state index in [9.17, 15) is 39.9 Å². The number of ketones is 1. The topological polar surface area (TPSA) is 217 Å². The predicted molar refractivity (Wildman–Crippen MR) is 210 cm³/mol. The van der Waals surface area contributed by atoms with Crippen LogP contribution in [-0.2, 0) is 47.5 Å². The highest BCUT2D eigenvalue weighted by Crippen LogP contribution is 2.70. The number of esters is 2. The van der Waals surface area contributed by atoms with Crippen LogP contribution in [-0.4, -0.2) is 135 Å². The van der Waals surface area contributed by atoms with Crippen LogP contribution < -0.4 is 0 Å². The fourth-order valence-corrected chi connectivity index (χ4v) is 11.5. The number of carbonyl (C=O) groups excluding carboxylic acids is 3. The van der Waals surface area contributed by atoms with Crippen molar-refractivity contribution in [3.8, 4) is 0 Å². The monoisotopic (exact) mass is 834 g/mol. The number of ether oxygens (including phenoxy) is 7. The minimum atomic E-state index is -1.91. The minimum Gasteiger partial charge on any atom is -0.455 e. The fraction of sp³-hybridized carbons (Fsp3) is 0.795. The Morgan fingerprint density at radius 1 is 0.831 bits per heavy atom. The number of carbonyl (C=O) groups is 3. The Balaban J connectivity index is 1.27. The van der Waals surface area contributed by atoms with Gasteiger partial charge in [-0.2, -0.15) is 0 Å². The Labute approximate surface area is 347 Å². The summed E-state index contributed by atoms with van der Waals surface area (Å²) in [6.07, 6.45) is -4.74. The van der Waals surface area contributed by atoms with Crippen molar-refractivity contribution in [2.75, 3.05) is 7.11 Å². The molecule has 0 aromatic rings. The molecule has 0 bridgehead atoms. The molecule has 6 rings (SSSR count). The van der Waals surface area contributed by atoms with Crippen LogP contribution in [0.5, 0.6) is 0 Å². The van der Waals surface area contributed by atoms with Crippen LogP contribution in [0.15, 0.2) is 34.9 Å². The van der Waals surface area contributed by atoms with E-state index in [1.165, 1.54) is 14.0 Å². The van der Waals surface area contributed by atoms with Crippen LogP contribution in [0.1, 0.15) is 107 Å². The van der Waals surface area contributed by atoms with E-state index < -0.39 is 113 Å². The Kier molecular flexibility index (Phi) is 13.2. The molecule has 5 fully saturated rings. The summed E-state index contributed by atoms with van der Waals surface area (Å²) < 4.78 is 42.5. The van der Waals surface area contributed by atoms with Gasteiger partial charge in [0.25, 0.3) is 0 Å². The molecule has 332 valence electrons. The molecule has 4 aliphatic carbocycles. The second kappa shape index (κ2) is 16.9. The lowest BCUT2D eigenvalue weighted by atomic mass is 9.42. The molecular formula is C44H66O15. The third-order valence-electron chi connectivity index (χ3n) is 15.2. The second-order valence-electron chi connectivity index (χ2n) is 18.3. The van der Waals surface area contributed by atoms with Gasteiger partial charge in [-0.05, 0) is 92.4 Å². The van der Waals surface area contributed by atoms with E-state index in [1.54, 1.807) is 60.6 Å². The van der Waals surface area contributed by atoms with Gasteiger partial charge < -0.3 is 58.7 Å². The highest BCUT2D eigenvalue weighted by Gasteiger charge is 2.80. The zero-order valence-electron chi connectivity index (χ0n) is 36.1. The lowest BCUT2D eigenvalue weighted by Crippen LogP contribution is -2.80. The first kappa shape index (κ1) is 45.9. The van der Waals surface area contributed by atoms with E-state index in [-0.39, 0.29) is 37.6 Å². The first-order chi connectivity index (χ1) is 27.6. The van der Waals surface area contributed by atoms with Crippen molar-refractivity contribution in [2.24, 2.45) is 22.7 Å². The molecule has 15 heteroatoms. The smallest absolute Gasteiger partial charge is 0.333 e. The van der Waals surface area contributed by atoms with Gasteiger partial charge in [0.1, 0.15) is 53.6 Å². The van der Waals surface area contributed by atoms with Crippen molar-refractivity contribution in [3.63, 3.8) is 0 Å². The van der Waals surface area contributed by atoms with Gasteiger partial charge in [-0.25, -0.2) is 9.59 Å². The van der Waals surface area contributed by atoms with Crippen LogP contribution >= 0.6 is 0 Å². The van der Waals surface area contributed by atoms with E-state index in [1.807, 2.05) is 13.0 Å². The predicted octanol–water partition coefficient (Wildman–Crippen LogP) is 3.11. The van der Waals surface area contributed by atoms with Crippen LogP contribution in [0.3, 0.4) is 0 Å². The molecule has 2 heterocycles. The van der Waals surface area contributed by atoms with E-state index >= 15 is 0 Å². The summed E-state index contributed by atoms with van der Waals surface area (Å²) in [7, 11) is 1.38. The molecule has 0 aromatic heterocycles. The first-order valence-electron chi connectivity index (χ1n) is 21.1. The van der Waals surface area contributed by atoms with Gasteiger partial charge in [-0.3, -0.25) is 4.79 Å². The number of hydrogen-bond acceptors (Lipinski definition) is 15. The molecule has 59 heavy (non-hydrogen) atoms. The molecule has 3 saturated carbocycles. The highest BCUT2D eigenvalue weighted by molar-refractivity contribution is 5.89. The zero-order chi connectivity index (χ0) is 43.6. The van der Waals surface area contributed by atoms with Crippen molar-refractivity contribution in [1.82, 2.24) is 0 Å². The number of allylic oxidation sites excluding steroid dienone is 2. The largest absolute Gasteiger partial charge is 0.455 e. The average molecular weight is 835 g/mol. The van der Waals surface area contributed by atoms with Gasteiger partial charge in [0.2, 0.25) is 0 Å². The normalized spacial score (nSPS) is 47.6. The second-order valence-corrected chi connectivity index (χ2v) is 18.3. The summed E-state index contributed by atoms with van der Waals surface area (Å²) in [5.41, 5.74) is -4.69. The third kappa shape index (κ3) is 7.48. The van der Waals surface area contributed by atoms with Crippen LogP contribution in [0.25, 0.3) is 0 Å². The van der Waals surface area contributed by atoms with Gasteiger partial charge in [0, 0.05) is 41.9 Å². The number of rotatable bonds is 10. The maximum absolute atomic E-state index is 13.8. The quantitative estimate of drug-likeness (QED) is 0.121. The van der Waals surface area contributed by atoms with Gasteiger partial charge >= 0.3 is 11.9 Å². The molecular weight excluding hydrogens is 768 g/mol. The van der Waals surface area contributed by atoms with Crippen molar-refractivity contribution in [3.05, 3.63) is 34.9 Å². The summed E-state index contributed by atoms with van der Waals surface area (Å²) in [6, 6.07) is 0. The number of Topliss-reactive ketones (excluding diaryl/α,β-unsaturated/α-hetero) is 1. The molecule has 0 spiro atoms. The maximum Gasteiger partial charge on any atom is 0.333 e. The number of methoxy groups -OCH3 is 1. The van der Waals surface area contributed by atoms with Crippen LogP contribution in [0.4, 0.5) is 0 Å². The van der Waals surface area contributed by atoms with Gasteiger partial charge in [0.15, 0.2) is 12.6 Å². The first-order valence-corrected chi connectivity index (χ1v) is 21.1. The number of aliphatic hydroxyl groups excluding tert-OH is 3. The molecule has 18 atom stereocenters. The summed E-state index contributed by atoms with van der Waals surface area (Å²) in [6.45, 7) is 15.1. The highest BCUT2D eigenvalue weighted by atomic mass is 16.7. The van der Waals surface area contributed by atoms with Crippen molar-refractivity contribution in [2.45, 2.75) is 192 Å². The Morgan fingerprint density at radius 3 is 2.07 bits per heavy atom. The molecule has 0 radical (unpaired) electrons. The van der Waals surface area contributed by atoms with Crippen LogP contribution in [0, 0.1) is 22.7 Å². The van der Waals surface area contributed by atoms with Gasteiger partial charge in [-0.1, -0.05) is 37.6 Å². The van der Waals surface area contributed by atoms with Crippen molar-refractivity contribution in [1.29, 1.82) is 0 Å². The molecule has 6 aliphatic rings. The summed E-state index contributed by atoms with van der Waals surface area (Å²) >= 11 is 0. The minimum absolute atomic E-state index is 0.0133. The van der Waals surface area contributed by atoms with E-state index in [4.69, 9.17) is 33.2 Å². The Bertz CT molecular complexity index is 1700. The van der Waals surface area contributed by atoms with E-state index in [2.05, 4.69) is 0 Å². The van der Waals surface area contributed by atoms with Crippen molar-refractivity contribution >= 4 is 17.7 Å². The van der Waals surface area contributed by atoms with Crippen molar-refractivity contribution < 1.29 is 73.1 Å². The molecule has 0 amide bonds.